The Hall–Kier alpha value is -1.76. The Balaban J connectivity index is 1.59. The van der Waals surface area contributed by atoms with Gasteiger partial charge in [-0.1, -0.05) is 0 Å². The first-order valence-corrected chi connectivity index (χ1v) is 9.39. The summed E-state index contributed by atoms with van der Waals surface area (Å²) in [5.41, 5.74) is 1.72. The van der Waals surface area contributed by atoms with Crippen molar-refractivity contribution in [3.8, 4) is 0 Å². The molecule has 1 saturated heterocycles. The SMILES string of the molecule is Cn1nc(Br)c2ccc(NC3CCN(C(=O)OC(C)(C)C)CC3)cc21. The Morgan fingerprint density at radius 2 is 2.00 bits per heavy atom. The van der Waals surface area contributed by atoms with E-state index in [1.54, 1.807) is 4.90 Å². The number of benzene rings is 1. The van der Waals surface area contributed by atoms with Gasteiger partial charge in [0.25, 0.3) is 0 Å². The van der Waals surface area contributed by atoms with E-state index in [1.807, 2.05) is 32.5 Å². The number of amides is 1. The topological polar surface area (TPSA) is 59.4 Å². The van der Waals surface area contributed by atoms with E-state index in [9.17, 15) is 4.79 Å². The molecule has 3 rings (SSSR count). The smallest absolute Gasteiger partial charge is 0.410 e. The van der Waals surface area contributed by atoms with Gasteiger partial charge in [-0.2, -0.15) is 5.10 Å². The van der Waals surface area contributed by atoms with E-state index in [-0.39, 0.29) is 6.09 Å². The van der Waals surface area contributed by atoms with Crippen LogP contribution in [0.1, 0.15) is 33.6 Å². The quantitative estimate of drug-likeness (QED) is 0.810. The maximum Gasteiger partial charge on any atom is 0.410 e. The van der Waals surface area contributed by atoms with Crippen molar-refractivity contribution in [3.05, 3.63) is 22.8 Å². The number of halogens is 1. The van der Waals surface area contributed by atoms with Crippen LogP contribution in [-0.4, -0.2) is 45.5 Å². The molecule has 0 atom stereocenters. The zero-order chi connectivity index (χ0) is 18.2. The minimum Gasteiger partial charge on any atom is -0.444 e. The van der Waals surface area contributed by atoms with Crippen molar-refractivity contribution in [2.24, 2.45) is 7.05 Å². The van der Waals surface area contributed by atoms with Crippen LogP contribution in [0.2, 0.25) is 0 Å². The molecule has 2 aromatic rings. The molecule has 1 fully saturated rings. The van der Waals surface area contributed by atoms with Gasteiger partial charge in [-0.15, -0.1) is 0 Å². The van der Waals surface area contributed by atoms with E-state index in [1.165, 1.54) is 0 Å². The fourth-order valence-electron chi connectivity index (χ4n) is 3.07. The zero-order valence-electron chi connectivity index (χ0n) is 15.2. The molecule has 0 aliphatic carbocycles. The molecular formula is C18H25BrN4O2. The number of aryl methyl sites for hydroxylation is 1. The molecule has 1 aromatic carbocycles. The summed E-state index contributed by atoms with van der Waals surface area (Å²) in [5, 5.41) is 9.07. The van der Waals surface area contributed by atoms with E-state index in [4.69, 9.17) is 4.74 Å². The Kier molecular flexibility index (Phi) is 4.95. The molecule has 136 valence electrons. The summed E-state index contributed by atoms with van der Waals surface area (Å²) >= 11 is 3.48. The van der Waals surface area contributed by atoms with Gasteiger partial charge in [0.2, 0.25) is 0 Å². The molecule has 0 bridgehead atoms. The number of ether oxygens (including phenoxy) is 1. The predicted octanol–water partition coefficient (Wildman–Crippen LogP) is 4.15. The number of carbonyl (C=O) groups is 1. The maximum atomic E-state index is 12.1. The van der Waals surface area contributed by atoms with E-state index in [2.05, 4.69) is 44.5 Å². The molecule has 0 unspecified atom stereocenters. The van der Waals surface area contributed by atoms with Crippen molar-refractivity contribution in [2.45, 2.75) is 45.3 Å². The molecule has 1 N–H and O–H groups in total. The lowest BCUT2D eigenvalue weighted by Gasteiger charge is -2.34. The first kappa shape index (κ1) is 18.0. The highest BCUT2D eigenvalue weighted by atomic mass is 79.9. The summed E-state index contributed by atoms with van der Waals surface area (Å²) < 4.78 is 8.18. The number of hydrogen-bond acceptors (Lipinski definition) is 4. The molecule has 2 heterocycles. The molecule has 1 aromatic heterocycles. The third-order valence-corrected chi connectivity index (χ3v) is 4.91. The van der Waals surface area contributed by atoms with Gasteiger partial charge in [0.05, 0.1) is 5.52 Å². The summed E-state index contributed by atoms with van der Waals surface area (Å²) in [6.07, 6.45) is 1.60. The van der Waals surface area contributed by atoms with E-state index in [0.717, 1.165) is 34.0 Å². The lowest BCUT2D eigenvalue weighted by atomic mass is 10.0. The van der Waals surface area contributed by atoms with Gasteiger partial charge in [-0.25, -0.2) is 4.79 Å². The van der Waals surface area contributed by atoms with Crippen molar-refractivity contribution in [1.82, 2.24) is 14.7 Å². The highest BCUT2D eigenvalue weighted by Gasteiger charge is 2.26. The highest BCUT2D eigenvalue weighted by molar-refractivity contribution is 9.10. The Morgan fingerprint density at radius 1 is 1.32 bits per heavy atom. The number of nitrogens with zero attached hydrogens (tertiary/aromatic N) is 3. The predicted molar refractivity (Wildman–Crippen MR) is 103 cm³/mol. The van der Waals surface area contributed by atoms with Crippen LogP contribution < -0.4 is 5.32 Å². The number of carbonyl (C=O) groups excluding carboxylic acids is 1. The molecule has 1 aliphatic rings. The number of aromatic nitrogens is 2. The average Bonchev–Trinajstić information content (AvgIpc) is 2.81. The molecular weight excluding hydrogens is 384 g/mol. The summed E-state index contributed by atoms with van der Waals surface area (Å²) in [5.74, 6) is 0. The van der Waals surface area contributed by atoms with Crippen molar-refractivity contribution in [2.75, 3.05) is 18.4 Å². The lowest BCUT2D eigenvalue weighted by molar-refractivity contribution is 0.0210. The molecule has 25 heavy (non-hydrogen) atoms. The third kappa shape index (κ3) is 4.26. The van der Waals surface area contributed by atoms with Gasteiger partial charge in [0.15, 0.2) is 0 Å². The first-order chi connectivity index (χ1) is 11.7. The van der Waals surface area contributed by atoms with Crippen molar-refractivity contribution < 1.29 is 9.53 Å². The largest absolute Gasteiger partial charge is 0.444 e. The van der Waals surface area contributed by atoms with Gasteiger partial charge in [0.1, 0.15) is 10.2 Å². The zero-order valence-corrected chi connectivity index (χ0v) is 16.8. The van der Waals surface area contributed by atoms with Crippen molar-refractivity contribution in [1.29, 1.82) is 0 Å². The van der Waals surface area contributed by atoms with Crippen LogP contribution in [0.25, 0.3) is 10.9 Å². The Labute approximate surface area is 156 Å². The summed E-state index contributed by atoms with van der Waals surface area (Å²) in [7, 11) is 1.94. The average molecular weight is 409 g/mol. The summed E-state index contributed by atoms with van der Waals surface area (Å²) in [4.78, 5) is 13.9. The number of rotatable bonds is 2. The number of likely N-dealkylation sites (tertiary alicyclic amines) is 1. The van der Waals surface area contributed by atoms with Crippen LogP contribution in [0.4, 0.5) is 10.5 Å². The molecule has 7 heteroatoms. The first-order valence-electron chi connectivity index (χ1n) is 8.60. The molecule has 0 spiro atoms. The number of nitrogens with one attached hydrogen (secondary N) is 1. The second-order valence-corrected chi connectivity index (χ2v) is 8.28. The van der Waals surface area contributed by atoms with Crippen LogP contribution in [0.15, 0.2) is 22.8 Å². The fourth-order valence-corrected chi connectivity index (χ4v) is 3.64. The lowest BCUT2D eigenvalue weighted by Crippen LogP contribution is -2.44. The molecule has 0 radical (unpaired) electrons. The number of piperidine rings is 1. The van der Waals surface area contributed by atoms with Crippen LogP contribution in [0.5, 0.6) is 0 Å². The normalized spacial score (nSPS) is 16.3. The van der Waals surface area contributed by atoms with Crippen LogP contribution in [0, 0.1) is 0 Å². The number of anilines is 1. The molecule has 0 saturated carbocycles. The standard InChI is InChI=1S/C18H25BrN4O2/c1-18(2,3)25-17(24)23-9-7-12(8-10-23)20-13-5-6-14-15(11-13)22(4)21-16(14)19/h5-6,11-12,20H,7-10H2,1-4H3. The van der Waals surface area contributed by atoms with Crippen LogP contribution in [-0.2, 0) is 11.8 Å². The maximum absolute atomic E-state index is 12.1. The number of hydrogen-bond donors (Lipinski definition) is 1. The second kappa shape index (κ2) is 6.86. The summed E-state index contributed by atoms with van der Waals surface area (Å²) in [6.45, 7) is 7.11. The van der Waals surface area contributed by atoms with Gasteiger partial charge in [-0.05, 0) is 67.7 Å². The molecule has 1 amide bonds. The van der Waals surface area contributed by atoms with Gasteiger partial charge >= 0.3 is 6.09 Å². The van der Waals surface area contributed by atoms with Crippen LogP contribution >= 0.6 is 15.9 Å². The van der Waals surface area contributed by atoms with E-state index < -0.39 is 5.60 Å². The third-order valence-electron chi connectivity index (χ3n) is 4.32. The van der Waals surface area contributed by atoms with Gasteiger partial charge < -0.3 is 15.0 Å². The van der Waals surface area contributed by atoms with E-state index in [0.29, 0.717) is 19.1 Å². The minimum absolute atomic E-state index is 0.216. The highest BCUT2D eigenvalue weighted by Crippen LogP contribution is 2.27. The monoisotopic (exact) mass is 408 g/mol. The minimum atomic E-state index is -0.445. The fraction of sp³-hybridized carbons (Fsp3) is 0.556. The van der Waals surface area contributed by atoms with Crippen molar-refractivity contribution >= 4 is 38.6 Å². The van der Waals surface area contributed by atoms with Crippen molar-refractivity contribution in [3.63, 3.8) is 0 Å². The Morgan fingerprint density at radius 3 is 2.64 bits per heavy atom. The van der Waals surface area contributed by atoms with E-state index >= 15 is 0 Å². The van der Waals surface area contributed by atoms with Gasteiger partial charge in [0, 0.05) is 37.3 Å². The number of fused-ring (bicyclic) bond motifs is 1. The second-order valence-electron chi connectivity index (χ2n) is 7.53. The van der Waals surface area contributed by atoms with Crippen LogP contribution in [0.3, 0.4) is 0 Å². The molecule has 1 aliphatic heterocycles. The Bertz CT molecular complexity index is 773. The summed E-state index contributed by atoms with van der Waals surface area (Å²) in [6, 6.07) is 6.63. The van der Waals surface area contributed by atoms with Gasteiger partial charge in [-0.3, -0.25) is 4.68 Å². The molecule has 6 nitrogen and oxygen atoms in total.